The summed E-state index contributed by atoms with van der Waals surface area (Å²) >= 11 is 0. The summed E-state index contributed by atoms with van der Waals surface area (Å²) in [4.78, 5) is 69.6. The molecule has 0 bridgehead atoms. The van der Waals surface area contributed by atoms with Crippen LogP contribution in [0.2, 0.25) is 0 Å². The smallest absolute Gasteiger partial charge is 0.359 e. The summed E-state index contributed by atoms with van der Waals surface area (Å²) in [6.45, 7) is -0.0337. The van der Waals surface area contributed by atoms with Crippen LogP contribution in [0.4, 0.5) is 34.6 Å². The standard InChI is InChI=1S/C28H22N6O8/c1-39-27(37)21-22(28(38)40-2)32-26-25(31-21)33(17-9-5-3-6-10-17)23-24(34(26)18-11-7-4-8-12-18)30-20(14-42-16-36)19(29-23)13-41-15-35/h3-12,15-16H,13-14H2,1-2H3. The minimum Gasteiger partial charge on any atom is -0.464 e. The molecule has 0 saturated carbocycles. The predicted molar refractivity (Wildman–Crippen MR) is 145 cm³/mol. The van der Waals surface area contributed by atoms with Crippen molar-refractivity contribution in [1.29, 1.82) is 0 Å². The van der Waals surface area contributed by atoms with Gasteiger partial charge in [0.25, 0.3) is 12.9 Å². The van der Waals surface area contributed by atoms with E-state index in [4.69, 9.17) is 28.9 Å². The van der Waals surface area contributed by atoms with Crippen molar-refractivity contribution in [2.45, 2.75) is 13.2 Å². The summed E-state index contributed by atoms with van der Waals surface area (Å²) in [6, 6.07) is 17.8. The van der Waals surface area contributed by atoms with Gasteiger partial charge >= 0.3 is 11.9 Å². The van der Waals surface area contributed by atoms with Gasteiger partial charge in [-0.15, -0.1) is 0 Å². The summed E-state index contributed by atoms with van der Waals surface area (Å²) < 4.78 is 19.7. The van der Waals surface area contributed by atoms with E-state index in [2.05, 4.69) is 9.97 Å². The quantitative estimate of drug-likeness (QED) is 0.136. The molecule has 14 heteroatoms. The molecule has 0 fully saturated rings. The fourth-order valence-electron chi connectivity index (χ4n) is 4.28. The first-order valence-electron chi connectivity index (χ1n) is 12.3. The molecule has 0 saturated heterocycles. The monoisotopic (exact) mass is 570 g/mol. The molecule has 14 nitrogen and oxygen atoms in total. The maximum atomic E-state index is 12.8. The predicted octanol–water partition coefficient (Wildman–Crippen LogP) is 3.44. The molecule has 0 unspecified atom stereocenters. The van der Waals surface area contributed by atoms with E-state index >= 15 is 0 Å². The van der Waals surface area contributed by atoms with E-state index in [9.17, 15) is 19.2 Å². The fourth-order valence-corrected chi connectivity index (χ4v) is 4.28. The number of hydrogen-bond donors (Lipinski definition) is 0. The van der Waals surface area contributed by atoms with Gasteiger partial charge in [-0.3, -0.25) is 19.4 Å². The third kappa shape index (κ3) is 5.03. The number of para-hydroxylation sites is 2. The van der Waals surface area contributed by atoms with E-state index in [0.29, 0.717) is 11.4 Å². The lowest BCUT2D eigenvalue weighted by Crippen LogP contribution is -2.31. The Bertz CT molecular complexity index is 1530. The number of ether oxygens (including phenoxy) is 4. The van der Waals surface area contributed by atoms with E-state index < -0.39 is 11.9 Å². The van der Waals surface area contributed by atoms with Crippen molar-refractivity contribution in [1.82, 2.24) is 19.9 Å². The molecule has 3 heterocycles. The van der Waals surface area contributed by atoms with Gasteiger partial charge in [0.1, 0.15) is 24.6 Å². The van der Waals surface area contributed by atoms with Crippen molar-refractivity contribution >= 4 is 59.5 Å². The summed E-state index contributed by atoms with van der Waals surface area (Å²) in [7, 11) is 2.30. The Morgan fingerprint density at radius 1 is 0.619 bits per heavy atom. The number of aromatic nitrogens is 4. The molecular weight excluding hydrogens is 548 g/mol. The summed E-state index contributed by atoms with van der Waals surface area (Å²) in [5, 5.41) is 0. The van der Waals surface area contributed by atoms with Crippen molar-refractivity contribution in [2.24, 2.45) is 0 Å². The molecule has 4 aromatic rings. The highest BCUT2D eigenvalue weighted by atomic mass is 16.5. The van der Waals surface area contributed by atoms with Crippen LogP contribution in [0.3, 0.4) is 0 Å². The molecule has 1 aliphatic heterocycles. The van der Waals surface area contributed by atoms with Crippen molar-refractivity contribution < 1.29 is 38.1 Å². The SMILES string of the molecule is COC(=O)c1nc2c(nc1C(=O)OC)N(c1ccccc1)c1nc(COC=O)c(COC=O)nc1N2c1ccccc1. The van der Waals surface area contributed by atoms with E-state index in [1.165, 1.54) is 0 Å². The Balaban J connectivity index is 1.89. The van der Waals surface area contributed by atoms with Crippen LogP contribution in [0.15, 0.2) is 60.7 Å². The average molecular weight is 571 g/mol. The normalized spacial score (nSPS) is 11.6. The molecular formula is C28H22N6O8. The highest BCUT2D eigenvalue weighted by Crippen LogP contribution is 2.51. The van der Waals surface area contributed by atoms with Crippen molar-refractivity contribution in [3.8, 4) is 0 Å². The van der Waals surface area contributed by atoms with Crippen LogP contribution in [0, 0.1) is 0 Å². The zero-order valence-electron chi connectivity index (χ0n) is 22.3. The molecule has 2 aromatic carbocycles. The van der Waals surface area contributed by atoms with Gasteiger partial charge < -0.3 is 18.9 Å². The van der Waals surface area contributed by atoms with E-state index in [1.54, 1.807) is 58.3 Å². The molecule has 0 N–H and O–H groups in total. The van der Waals surface area contributed by atoms with Gasteiger partial charge in [-0.2, -0.15) is 0 Å². The number of hydrogen-bond acceptors (Lipinski definition) is 14. The Morgan fingerprint density at radius 3 is 1.31 bits per heavy atom. The molecule has 2 aromatic heterocycles. The number of benzene rings is 2. The van der Waals surface area contributed by atoms with E-state index in [1.807, 2.05) is 12.1 Å². The molecule has 1 aliphatic rings. The molecule has 0 spiro atoms. The third-order valence-corrected chi connectivity index (χ3v) is 6.08. The van der Waals surface area contributed by atoms with Gasteiger partial charge in [0, 0.05) is 11.4 Å². The largest absolute Gasteiger partial charge is 0.464 e. The fraction of sp³-hybridized carbons (Fsp3) is 0.143. The van der Waals surface area contributed by atoms with Gasteiger partial charge in [0.2, 0.25) is 0 Å². The van der Waals surface area contributed by atoms with Crippen molar-refractivity contribution in [3.63, 3.8) is 0 Å². The van der Waals surface area contributed by atoms with Crippen LogP contribution in [0.25, 0.3) is 0 Å². The molecule has 212 valence electrons. The zero-order chi connectivity index (χ0) is 29.6. The van der Waals surface area contributed by atoms with Crippen LogP contribution in [-0.2, 0) is 41.8 Å². The lowest BCUT2D eigenvalue weighted by Gasteiger charge is -2.37. The Kier molecular flexibility index (Phi) is 7.95. The van der Waals surface area contributed by atoms with E-state index in [-0.39, 0.29) is 72.2 Å². The molecule has 42 heavy (non-hydrogen) atoms. The van der Waals surface area contributed by atoms with Gasteiger partial charge in [-0.1, -0.05) is 36.4 Å². The zero-order valence-corrected chi connectivity index (χ0v) is 22.3. The number of carbonyl (C=O) groups is 4. The molecule has 0 amide bonds. The second-order valence-electron chi connectivity index (χ2n) is 8.47. The van der Waals surface area contributed by atoms with Crippen LogP contribution < -0.4 is 9.80 Å². The maximum Gasteiger partial charge on any atom is 0.359 e. The average Bonchev–Trinajstić information content (AvgIpc) is 3.04. The van der Waals surface area contributed by atoms with Crippen molar-refractivity contribution in [2.75, 3.05) is 24.0 Å². The Labute approximate surface area is 238 Å². The van der Waals surface area contributed by atoms with Crippen molar-refractivity contribution in [3.05, 3.63) is 83.4 Å². The molecule has 0 radical (unpaired) electrons. The molecule has 0 atom stereocenters. The first-order valence-corrected chi connectivity index (χ1v) is 12.3. The van der Waals surface area contributed by atoms with Crippen LogP contribution in [0.5, 0.6) is 0 Å². The number of anilines is 6. The number of fused-ring (bicyclic) bond motifs is 2. The van der Waals surface area contributed by atoms with Gasteiger partial charge in [0.15, 0.2) is 34.7 Å². The first kappa shape index (κ1) is 27.6. The highest BCUT2D eigenvalue weighted by Gasteiger charge is 2.39. The van der Waals surface area contributed by atoms with Gasteiger partial charge in [0.05, 0.1) is 14.2 Å². The van der Waals surface area contributed by atoms with Crippen LogP contribution in [-0.4, -0.2) is 59.0 Å². The highest BCUT2D eigenvalue weighted by molar-refractivity contribution is 6.04. The summed E-state index contributed by atoms with van der Waals surface area (Å²) in [6.07, 6.45) is 0. The maximum absolute atomic E-state index is 12.8. The molecule has 0 aliphatic carbocycles. The summed E-state index contributed by atoms with van der Waals surface area (Å²) in [5.41, 5.74) is 0.747. The van der Waals surface area contributed by atoms with Gasteiger partial charge in [-0.25, -0.2) is 29.5 Å². The van der Waals surface area contributed by atoms with Gasteiger partial charge in [-0.05, 0) is 24.3 Å². The second-order valence-corrected chi connectivity index (χ2v) is 8.47. The van der Waals surface area contributed by atoms with Crippen LogP contribution in [0.1, 0.15) is 32.4 Å². The van der Waals surface area contributed by atoms with E-state index in [0.717, 1.165) is 14.2 Å². The summed E-state index contributed by atoms with van der Waals surface area (Å²) in [5.74, 6) is -1.18. The third-order valence-electron chi connectivity index (χ3n) is 6.08. The number of esters is 2. The number of methoxy groups -OCH3 is 2. The minimum absolute atomic E-state index is 0.110. The first-order chi connectivity index (χ1) is 20.5. The second kappa shape index (κ2) is 12.1. The number of rotatable bonds is 10. The Hall–Kier alpha value is -5.92. The lowest BCUT2D eigenvalue weighted by atomic mass is 10.2. The Morgan fingerprint density at radius 2 is 0.976 bits per heavy atom. The van der Waals surface area contributed by atoms with Crippen LogP contribution >= 0.6 is 0 Å². The lowest BCUT2D eigenvalue weighted by molar-refractivity contribution is -0.131. The number of nitrogens with zero attached hydrogens (tertiary/aromatic N) is 6. The molecule has 5 rings (SSSR count). The minimum atomic E-state index is -0.914. The number of carbonyl (C=O) groups excluding carboxylic acids is 4. The topological polar surface area (TPSA) is 163 Å².